The highest BCUT2D eigenvalue weighted by Gasteiger charge is 2.13. The summed E-state index contributed by atoms with van der Waals surface area (Å²) in [5.41, 5.74) is 0.969. The van der Waals surface area contributed by atoms with Crippen LogP contribution in [0.5, 0.6) is 0 Å². The summed E-state index contributed by atoms with van der Waals surface area (Å²) in [5.74, 6) is 0.425. The predicted octanol–water partition coefficient (Wildman–Crippen LogP) is 2.23. The number of aliphatic hydroxyl groups is 1. The molecular formula is C12H21N3O2S. The number of rotatable bonds is 6. The van der Waals surface area contributed by atoms with Crippen molar-refractivity contribution < 1.29 is 9.90 Å². The van der Waals surface area contributed by atoms with E-state index in [1.54, 1.807) is 0 Å². The van der Waals surface area contributed by atoms with Crippen molar-refractivity contribution in [3.63, 3.8) is 0 Å². The smallest absolute Gasteiger partial charge is 0.321 e. The highest BCUT2D eigenvalue weighted by Crippen LogP contribution is 2.15. The Morgan fingerprint density at radius 1 is 1.56 bits per heavy atom. The van der Waals surface area contributed by atoms with Gasteiger partial charge in [0.15, 0.2) is 5.13 Å². The van der Waals surface area contributed by atoms with Gasteiger partial charge in [0, 0.05) is 5.38 Å². The fourth-order valence-electron chi connectivity index (χ4n) is 1.59. The van der Waals surface area contributed by atoms with Crippen molar-refractivity contribution in [2.45, 2.75) is 39.7 Å². The second-order valence-corrected chi connectivity index (χ2v) is 5.46. The third kappa shape index (κ3) is 5.01. The number of aromatic nitrogens is 1. The van der Waals surface area contributed by atoms with Crippen LogP contribution in [0.15, 0.2) is 5.38 Å². The maximum Gasteiger partial charge on any atom is 0.321 e. The molecule has 1 aromatic heterocycles. The quantitative estimate of drug-likeness (QED) is 0.743. The molecule has 0 saturated carbocycles. The zero-order valence-corrected chi connectivity index (χ0v) is 11.9. The van der Waals surface area contributed by atoms with E-state index in [0.29, 0.717) is 11.0 Å². The van der Waals surface area contributed by atoms with Crippen molar-refractivity contribution in [1.29, 1.82) is 0 Å². The third-order valence-electron chi connectivity index (χ3n) is 2.45. The van der Waals surface area contributed by atoms with Gasteiger partial charge in [0.05, 0.1) is 18.3 Å². The van der Waals surface area contributed by atoms with Crippen LogP contribution < -0.4 is 10.6 Å². The number of carbonyl (C=O) groups is 1. The third-order valence-corrected chi connectivity index (χ3v) is 3.25. The molecule has 2 amide bonds. The van der Waals surface area contributed by atoms with Crippen LogP contribution in [0.4, 0.5) is 9.93 Å². The molecule has 5 nitrogen and oxygen atoms in total. The van der Waals surface area contributed by atoms with Gasteiger partial charge in [-0.1, -0.05) is 20.8 Å². The Morgan fingerprint density at radius 3 is 2.78 bits per heavy atom. The molecule has 0 fully saturated rings. The van der Waals surface area contributed by atoms with Crippen molar-refractivity contribution in [3.05, 3.63) is 11.1 Å². The largest absolute Gasteiger partial charge is 0.394 e. The molecule has 0 bridgehead atoms. The highest BCUT2D eigenvalue weighted by molar-refractivity contribution is 7.13. The molecule has 1 heterocycles. The summed E-state index contributed by atoms with van der Waals surface area (Å²) in [5, 5.41) is 17.1. The van der Waals surface area contributed by atoms with Gasteiger partial charge in [0.1, 0.15) is 0 Å². The minimum Gasteiger partial charge on any atom is -0.394 e. The first kappa shape index (κ1) is 14.9. The summed E-state index contributed by atoms with van der Waals surface area (Å²) < 4.78 is 0. The number of nitrogens with zero attached hydrogens (tertiary/aromatic N) is 1. The van der Waals surface area contributed by atoms with Crippen molar-refractivity contribution in [3.8, 4) is 0 Å². The zero-order chi connectivity index (χ0) is 13.5. The summed E-state index contributed by atoms with van der Waals surface area (Å²) in [4.78, 5) is 15.9. The van der Waals surface area contributed by atoms with E-state index in [4.69, 9.17) is 0 Å². The molecule has 1 atom stereocenters. The molecule has 1 aromatic rings. The first-order chi connectivity index (χ1) is 8.55. The van der Waals surface area contributed by atoms with Crippen LogP contribution in [0.2, 0.25) is 0 Å². The van der Waals surface area contributed by atoms with E-state index in [0.717, 1.165) is 18.5 Å². The van der Waals surface area contributed by atoms with Gasteiger partial charge in [-0.25, -0.2) is 9.78 Å². The van der Waals surface area contributed by atoms with Gasteiger partial charge in [-0.05, 0) is 18.8 Å². The predicted molar refractivity (Wildman–Crippen MR) is 74.0 cm³/mol. The average Bonchev–Trinajstić information content (AvgIpc) is 2.75. The number of aryl methyl sites for hydroxylation is 1. The van der Waals surface area contributed by atoms with E-state index in [-0.39, 0.29) is 18.7 Å². The number of urea groups is 1. The van der Waals surface area contributed by atoms with Crippen LogP contribution in [0.25, 0.3) is 0 Å². The summed E-state index contributed by atoms with van der Waals surface area (Å²) >= 11 is 1.41. The number of aliphatic hydroxyl groups excluding tert-OH is 1. The van der Waals surface area contributed by atoms with Crippen LogP contribution in [-0.4, -0.2) is 28.8 Å². The molecule has 0 aromatic carbocycles. The van der Waals surface area contributed by atoms with Crippen LogP contribution in [0.3, 0.4) is 0 Å². The number of thiazole rings is 1. The van der Waals surface area contributed by atoms with Gasteiger partial charge in [0.2, 0.25) is 0 Å². The maximum atomic E-state index is 11.7. The molecule has 0 saturated heterocycles. The number of anilines is 1. The SMILES string of the molecule is CCc1csc(NC(=O)NC(CO)CC(C)C)n1. The number of amides is 2. The second-order valence-electron chi connectivity index (χ2n) is 4.61. The van der Waals surface area contributed by atoms with Gasteiger partial charge in [-0.3, -0.25) is 5.32 Å². The standard InChI is InChI=1S/C12H21N3O2S/c1-4-9-7-18-12(14-9)15-11(17)13-10(6-16)5-8(2)3/h7-8,10,16H,4-6H2,1-3H3,(H2,13,14,15,17). The van der Waals surface area contributed by atoms with Crippen LogP contribution in [-0.2, 0) is 6.42 Å². The number of hydrogen-bond acceptors (Lipinski definition) is 4. The number of carbonyl (C=O) groups excluding carboxylic acids is 1. The Morgan fingerprint density at radius 2 is 2.28 bits per heavy atom. The van der Waals surface area contributed by atoms with Crippen molar-refractivity contribution in [2.24, 2.45) is 5.92 Å². The summed E-state index contributed by atoms with van der Waals surface area (Å²) in [7, 11) is 0. The van der Waals surface area contributed by atoms with Gasteiger partial charge >= 0.3 is 6.03 Å². The molecule has 18 heavy (non-hydrogen) atoms. The number of nitrogens with one attached hydrogen (secondary N) is 2. The fourth-order valence-corrected chi connectivity index (χ4v) is 2.38. The van der Waals surface area contributed by atoms with Gasteiger partial charge < -0.3 is 10.4 Å². The molecule has 0 aliphatic rings. The van der Waals surface area contributed by atoms with Gasteiger partial charge in [-0.2, -0.15) is 0 Å². The van der Waals surface area contributed by atoms with Crippen LogP contribution >= 0.6 is 11.3 Å². The first-order valence-corrected chi connectivity index (χ1v) is 7.05. The molecule has 0 aliphatic carbocycles. The molecule has 0 spiro atoms. The van der Waals surface area contributed by atoms with E-state index >= 15 is 0 Å². The monoisotopic (exact) mass is 271 g/mol. The van der Waals surface area contributed by atoms with Crippen molar-refractivity contribution in [2.75, 3.05) is 11.9 Å². The number of hydrogen-bond donors (Lipinski definition) is 3. The van der Waals surface area contributed by atoms with Crippen molar-refractivity contribution >= 4 is 22.5 Å². The minimum absolute atomic E-state index is 0.0519. The molecule has 0 aliphatic heterocycles. The van der Waals surface area contributed by atoms with E-state index in [1.165, 1.54) is 11.3 Å². The molecule has 6 heteroatoms. The maximum absolute atomic E-state index is 11.7. The van der Waals surface area contributed by atoms with E-state index in [9.17, 15) is 9.90 Å². The Bertz CT molecular complexity index is 379. The summed E-state index contributed by atoms with van der Waals surface area (Å²) in [6, 6.07) is -0.526. The second kappa shape index (κ2) is 7.33. The summed E-state index contributed by atoms with van der Waals surface area (Å²) in [6.07, 6.45) is 1.61. The van der Waals surface area contributed by atoms with Crippen molar-refractivity contribution in [1.82, 2.24) is 10.3 Å². The molecule has 1 unspecified atom stereocenters. The minimum atomic E-state index is -0.313. The molecule has 102 valence electrons. The molecule has 3 N–H and O–H groups in total. The van der Waals surface area contributed by atoms with Gasteiger partial charge in [-0.15, -0.1) is 11.3 Å². The lowest BCUT2D eigenvalue weighted by Gasteiger charge is -2.17. The van der Waals surface area contributed by atoms with E-state index in [1.807, 2.05) is 12.3 Å². The van der Waals surface area contributed by atoms with Crippen LogP contribution in [0.1, 0.15) is 32.9 Å². The summed E-state index contributed by atoms with van der Waals surface area (Å²) in [6.45, 7) is 6.07. The topological polar surface area (TPSA) is 74.2 Å². The fraction of sp³-hybridized carbons (Fsp3) is 0.667. The van der Waals surface area contributed by atoms with E-state index < -0.39 is 0 Å². The van der Waals surface area contributed by atoms with E-state index in [2.05, 4.69) is 29.5 Å². The Labute approximate surface area is 112 Å². The Hall–Kier alpha value is -1.14. The molecule has 1 rings (SSSR count). The first-order valence-electron chi connectivity index (χ1n) is 6.17. The Balaban J connectivity index is 2.44. The normalized spacial score (nSPS) is 12.5. The van der Waals surface area contributed by atoms with Gasteiger partial charge in [0.25, 0.3) is 0 Å². The lowest BCUT2D eigenvalue weighted by Crippen LogP contribution is -2.40. The Kier molecular flexibility index (Phi) is 6.07. The zero-order valence-electron chi connectivity index (χ0n) is 11.1. The molecular weight excluding hydrogens is 250 g/mol. The lowest BCUT2D eigenvalue weighted by molar-refractivity contribution is 0.214. The molecule has 0 radical (unpaired) electrons. The lowest BCUT2D eigenvalue weighted by atomic mass is 10.0. The van der Waals surface area contributed by atoms with Crippen LogP contribution in [0, 0.1) is 5.92 Å². The average molecular weight is 271 g/mol. The highest BCUT2D eigenvalue weighted by atomic mass is 32.1.